The number of rotatable bonds is 20. The largest absolute Gasteiger partial charge is 2.00 e. The molecular weight excluding hydrogens is 692 g/mol. The van der Waals surface area contributed by atoms with Crippen molar-refractivity contribution in [3.8, 4) is 0 Å². The van der Waals surface area contributed by atoms with Crippen LogP contribution in [-0.4, -0.2) is 68.7 Å². The summed E-state index contributed by atoms with van der Waals surface area (Å²) in [5, 5.41) is 0. The number of Topliss-reactive ketones (excluding diaryl/α,β-unsaturated/α-hetero) is 4. The second-order valence-electron chi connectivity index (χ2n) is 9.17. The van der Waals surface area contributed by atoms with Crippen LogP contribution in [-0.2, 0) is 57.9 Å². The van der Waals surface area contributed by atoms with Gasteiger partial charge in [0.05, 0.1) is 0 Å². The van der Waals surface area contributed by atoms with Crippen molar-refractivity contribution >= 4 is 40.3 Å². The van der Waals surface area contributed by atoms with Crippen molar-refractivity contribution in [2.24, 2.45) is 0 Å². The van der Waals surface area contributed by atoms with Crippen LogP contribution in [0.4, 0.5) is 0 Å². The molecule has 0 aliphatic heterocycles. The molecule has 0 bridgehead atoms. The molecule has 0 aromatic rings. The number of unbranched alkanes of at least 4 members (excludes halogenated alkanes) is 2. The summed E-state index contributed by atoms with van der Waals surface area (Å²) in [4.78, 5) is 48.0. The Labute approximate surface area is 242 Å². The van der Waals surface area contributed by atoms with Gasteiger partial charge in [-0.15, -0.1) is 0 Å². The van der Waals surface area contributed by atoms with Crippen molar-refractivity contribution in [2.45, 2.75) is 116 Å². The molecule has 0 aromatic heterocycles. The van der Waals surface area contributed by atoms with Gasteiger partial charge < -0.3 is 17.7 Å². The molecule has 2 unspecified atom stereocenters. The molecule has 0 radical (unpaired) electrons. The summed E-state index contributed by atoms with van der Waals surface area (Å²) in [6.45, 7) is 10.9. The Hall–Kier alpha value is -0.358. The summed E-state index contributed by atoms with van der Waals surface area (Å²) in [5.41, 5.74) is -1.36. The average molecular weight is 744 g/mol. The smallest absolute Gasteiger partial charge is 0.397 e. The molecule has 0 saturated heterocycles. The van der Waals surface area contributed by atoms with Crippen molar-refractivity contribution in [3.05, 3.63) is 0 Å². The van der Waals surface area contributed by atoms with Gasteiger partial charge in [0.1, 0.15) is 34.2 Å². The average Bonchev–Trinajstić information content (AvgIpc) is 2.84. The van der Waals surface area contributed by atoms with E-state index in [4.69, 9.17) is 17.7 Å². The van der Waals surface area contributed by atoms with E-state index in [0.717, 1.165) is 38.5 Å². The van der Waals surface area contributed by atoms with Crippen molar-refractivity contribution in [2.75, 3.05) is 28.4 Å². The van der Waals surface area contributed by atoms with Crippen LogP contribution in [0, 0.1) is 0 Å². The summed E-state index contributed by atoms with van der Waals surface area (Å²) in [6.07, 6.45) is 6.13. The molecule has 0 rings (SSSR count). The predicted molar refractivity (Wildman–Crippen MR) is 148 cm³/mol. The first-order valence-electron chi connectivity index (χ1n) is 13.2. The van der Waals surface area contributed by atoms with Crippen molar-refractivity contribution in [1.82, 2.24) is 0 Å². The number of carbonyl (C=O) groups excluding carboxylic acids is 4. The molecule has 0 saturated carbocycles. The van der Waals surface area contributed by atoms with E-state index in [1.54, 1.807) is 28.4 Å². The minimum absolute atomic E-state index is 0. The van der Waals surface area contributed by atoms with E-state index in [-0.39, 0.29) is 44.2 Å². The van der Waals surface area contributed by atoms with Crippen LogP contribution in [0.15, 0.2) is 0 Å². The zero-order chi connectivity index (χ0) is 28.4. The first kappa shape index (κ1) is 41.1. The third kappa shape index (κ3) is 13.0. The molecule has 8 nitrogen and oxygen atoms in total. The van der Waals surface area contributed by atoms with Crippen LogP contribution in [0.2, 0.25) is 23.2 Å². The fraction of sp³-hybridized carbons (Fsp3) is 0.846. The van der Waals surface area contributed by atoms with Crippen molar-refractivity contribution in [3.63, 3.8) is 0 Å². The predicted octanol–water partition coefficient (Wildman–Crippen LogP) is 5.70. The molecular formula is C26H52O8PtSi2+2. The Morgan fingerprint density at radius 2 is 0.838 bits per heavy atom. The second-order valence-corrected chi connectivity index (χ2v) is 16.2. The monoisotopic (exact) mass is 743 g/mol. The van der Waals surface area contributed by atoms with Gasteiger partial charge >= 0.3 is 38.2 Å². The zero-order valence-corrected chi connectivity index (χ0v) is 29.1. The van der Waals surface area contributed by atoms with Gasteiger partial charge in [0.25, 0.3) is 0 Å². The Bertz CT molecular complexity index is 611. The Morgan fingerprint density at radius 3 is 1.00 bits per heavy atom. The van der Waals surface area contributed by atoms with E-state index >= 15 is 0 Å². The topological polar surface area (TPSA) is 105 Å². The molecule has 0 fully saturated rings. The van der Waals surface area contributed by atoms with Crippen LogP contribution in [0.25, 0.3) is 0 Å². The maximum Gasteiger partial charge on any atom is 2.00 e. The van der Waals surface area contributed by atoms with Gasteiger partial charge in [0.15, 0.2) is 0 Å². The van der Waals surface area contributed by atoms with Crippen LogP contribution < -0.4 is 0 Å². The van der Waals surface area contributed by atoms with Crippen LogP contribution in [0.5, 0.6) is 0 Å². The van der Waals surface area contributed by atoms with E-state index < -0.39 is 28.2 Å². The molecule has 0 aliphatic rings. The fourth-order valence-electron chi connectivity index (χ4n) is 4.53. The van der Waals surface area contributed by atoms with E-state index in [1.807, 2.05) is 13.8 Å². The maximum atomic E-state index is 12.2. The Kier molecular flexibility index (Phi) is 25.0. The van der Waals surface area contributed by atoms with Crippen LogP contribution in [0.3, 0.4) is 0 Å². The minimum atomic E-state index is -2.76. The molecule has 0 amide bonds. The zero-order valence-electron chi connectivity index (χ0n) is 24.8. The molecule has 0 N–H and O–H groups in total. The molecule has 11 heteroatoms. The summed E-state index contributed by atoms with van der Waals surface area (Å²) in [6, 6.07) is 1.38. The summed E-state index contributed by atoms with van der Waals surface area (Å²) >= 11 is 0. The third-order valence-corrected chi connectivity index (χ3v) is 14.6. The maximum absolute atomic E-state index is 12.2. The molecule has 220 valence electrons. The number of carbonyl (C=O) groups is 4. The second kappa shape index (κ2) is 22.5. The molecule has 0 heterocycles. The quantitative estimate of drug-likeness (QED) is 0.116. The van der Waals surface area contributed by atoms with Gasteiger partial charge in [-0.2, -0.15) is 0 Å². The third-order valence-electron chi connectivity index (χ3n) is 6.47. The van der Waals surface area contributed by atoms with Crippen molar-refractivity contribution < 1.29 is 57.9 Å². The van der Waals surface area contributed by atoms with Gasteiger partial charge in [-0.05, 0) is 38.8 Å². The van der Waals surface area contributed by atoms with Gasteiger partial charge in [0, 0.05) is 41.3 Å². The Morgan fingerprint density at radius 1 is 0.568 bits per heavy atom. The van der Waals surface area contributed by atoms with Crippen LogP contribution >= 0.6 is 0 Å². The molecule has 0 aliphatic carbocycles. The minimum Gasteiger partial charge on any atom is -0.397 e. The number of hydrogen-bond donors (Lipinski definition) is 0. The molecule has 37 heavy (non-hydrogen) atoms. The van der Waals surface area contributed by atoms with Gasteiger partial charge in [-0.3, -0.25) is 19.2 Å². The molecule has 0 aromatic carbocycles. The first-order valence-corrected chi connectivity index (χ1v) is 17.4. The van der Waals surface area contributed by atoms with Gasteiger partial charge in [0.2, 0.25) is 0 Å². The molecule has 0 spiro atoms. The van der Waals surface area contributed by atoms with E-state index in [1.165, 1.54) is 13.8 Å². The standard InChI is InChI=1S/2C13H26O4Si.Pt/c2*1-6-8-10-18(16-4,17-5)13(11(3)14)12(15)9-7-2;/h2*13H,6-10H2,1-5H3;/q;;+2. The van der Waals surface area contributed by atoms with Gasteiger partial charge in [-0.1, -0.05) is 53.4 Å². The summed E-state index contributed by atoms with van der Waals surface area (Å²) in [7, 11) is 0.712. The van der Waals surface area contributed by atoms with E-state index in [2.05, 4.69) is 13.8 Å². The van der Waals surface area contributed by atoms with Gasteiger partial charge in [-0.25, -0.2) is 0 Å². The van der Waals surface area contributed by atoms with E-state index in [9.17, 15) is 19.2 Å². The SMILES string of the molecule is CCCC[Si](OC)(OC)C(C(C)=O)C(=O)CCC.CCCC[Si](OC)(OC)C(C(C)=O)C(=O)CCC.[Pt+2]. The Balaban J connectivity index is -0.000000608. The fourth-order valence-corrected chi connectivity index (χ4v) is 11.4. The summed E-state index contributed by atoms with van der Waals surface area (Å²) < 4.78 is 22.2. The summed E-state index contributed by atoms with van der Waals surface area (Å²) in [5.74, 6) is -0.312. The normalized spacial score (nSPS) is 13.0. The van der Waals surface area contributed by atoms with Crippen LogP contribution in [0.1, 0.15) is 92.9 Å². The molecule has 2 atom stereocenters. The first-order chi connectivity index (χ1) is 17.0. The number of ketones is 4. The van der Waals surface area contributed by atoms with E-state index in [0.29, 0.717) is 24.9 Å². The van der Waals surface area contributed by atoms with Crippen molar-refractivity contribution in [1.29, 1.82) is 0 Å². The number of hydrogen-bond acceptors (Lipinski definition) is 8.